The zero-order chi connectivity index (χ0) is 24.0. The number of carboxylic acids is 1. The summed E-state index contributed by atoms with van der Waals surface area (Å²) in [4.78, 5) is 26.0. The third-order valence-corrected chi connectivity index (χ3v) is 5.53. The third kappa shape index (κ3) is 6.59. The minimum absolute atomic E-state index is 0.0214. The van der Waals surface area contributed by atoms with Crippen LogP contribution in [-0.2, 0) is 5.41 Å². The second-order valence-electron chi connectivity index (χ2n) is 8.79. The number of amides is 1. The Hall–Kier alpha value is -3.31. The maximum absolute atomic E-state index is 13.3. The van der Waals surface area contributed by atoms with E-state index in [0.29, 0.717) is 35.9 Å². The normalized spacial score (nSPS) is 11.2. The van der Waals surface area contributed by atoms with Gasteiger partial charge in [-0.3, -0.25) is 4.79 Å². The molecule has 0 aliphatic heterocycles. The maximum atomic E-state index is 13.3. The van der Waals surface area contributed by atoms with E-state index in [1.807, 2.05) is 12.1 Å². The number of hydrogen-bond acceptors (Lipinski definition) is 3. The lowest BCUT2D eigenvalue weighted by Gasteiger charge is -2.25. The SMILES string of the molecule is CC(C)(C)c1ccc(N(CCCOc2ccc(C(=O)O)cc2)C(=O)c2ccc(Cl)cc2)cc1. The first kappa shape index (κ1) is 24.3. The monoisotopic (exact) mass is 465 g/mol. The Morgan fingerprint density at radius 1 is 0.879 bits per heavy atom. The number of benzene rings is 3. The summed E-state index contributed by atoms with van der Waals surface area (Å²) in [5.74, 6) is -0.499. The van der Waals surface area contributed by atoms with Gasteiger partial charge in [0.05, 0.1) is 12.2 Å². The lowest BCUT2D eigenvalue weighted by molar-refractivity contribution is 0.0696. The highest BCUT2D eigenvalue weighted by Crippen LogP contribution is 2.26. The molecular weight excluding hydrogens is 438 g/mol. The van der Waals surface area contributed by atoms with E-state index in [1.54, 1.807) is 41.3 Å². The largest absolute Gasteiger partial charge is 0.494 e. The zero-order valence-corrected chi connectivity index (χ0v) is 19.8. The van der Waals surface area contributed by atoms with Gasteiger partial charge in [0, 0.05) is 22.8 Å². The first-order chi connectivity index (χ1) is 15.6. The summed E-state index contributed by atoms with van der Waals surface area (Å²) in [6.07, 6.45) is 0.598. The average Bonchev–Trinajstić information content (AvgIpc) is 2.79. The van der Waals surface area contributed by atoms with Gasteiger partial charge in [-0.15, -0.1) is 0 Å². The number of carbonyl (C=O) groups is 2. The van der Waals surface area contributed by atoms with E-state index in [0.717, 1.165) is 5.69 Å². The Labute approximate surface area is 199 Å². The number of hydrogen-bond donors (Lipinski definition) is 1. The van der Waals surface area contributed by atoms with Crippen molar-refractivity contribution in [2.75, 3.05) is 18.1 Å². The van der Waals surface area contributed by atoms with Gasteiger partial charge < -0.3 is 14.7 Å². The highest BCUT2D eigenvalue weighted by atomic mass is 35.5. The molecule has 0 bridgehead atoms. The number of carbonyl (C=O) groups excluding carboxylic acids is 1. The lowest BCUT2D eigenvalue weighted by Crippen LogP contribution is -2.32. The van der Waals surface area contributed by atoms with E-state index < -0.39 is 5.97 Å². The van der Waals surface area contributed by atoms with Crippen molar-refractivity contribution in [3.63, 3.8) is 0 Å². The fourth-order valence-corrected chi connectivity index (χ4v) is 3.47. The van der Waals surface area contributed by atoms with Crippen molar-refractivity contribution in [1.29, 1.82) is 0 Å². The Bertz CT molecular complexity index is 1080. The topological polar surface area (TPSA) is 66.8 Å². The van der Waals surface area contributed by atoms with Crippen molar-refractivity contribution in [3.8, 4) is 5.75 Å². The van der Waals surface area contributed by atoms with Crippen LogP contribution in [0.15, 0.2) is 72.8 Å². The molecule has 0 saturated heterocycles. The number of carboxylic acid groups (broad SMARTS) is 1. The molecule has 0 atom stereocenters. The van der Waals surface area contributed by atoms with E-state index in [-0.39, 0.29) is 16.9 Å². The molecule has 0 unspecified atom stereocenters. The fourth-order valence-electron chi connectivity index (χ4n) is 3.34. The van der Waals surface area contributed by atoms with Crippen LogP contribution >= 0.6 is 11.6 Å². The van der Waals surface area contributed by atoms with Crippen LogP contribution in [0.25, 0.3) is 0 Å². The van der Waals surface area contributed by atoms with Crippen LogP contribution in [0.1, 0.15) is 53.5 Å². The number of nitrogens with zero attached hydrogens (tertiary/aromatic N) is 1. The predicted octanol–water partition coefficient (Wildman–Crippen LogP) is 6.45. The number of ether oxygens (including phenoxy) is 1. The van der Waals surface area contributed by atoms with Crippen LogP contribution < -0.4 is 9.64 Å². The van der Waals surface area contributed by atoms with Gasteiger partial charge in [0.15, 0.2) is 0 Å². The van der Waals surface area contributed by atoms with E-state index in [2.05, 4.69) is 32.9 Å². The molecule has 0 aliphatic carbocycles. The molecule has 0 aliphatic rings. The van der Waals surface area contributed by atoms with Gasteiger partial charge in [0.25, 0.3) is 5.91 Å². The van der Waals surface area contributed by atoms with Crippen LogP contribution in [0.4, 0.5) is 5.69 Å². The zero-order valence-electron chi connectivity index (χ0n) is 19.0. The minimum atomic E-state index is -0.976. The molecule has 3 aromatic rings. The molecule has 172 valence electrons. The Kier molecular flexibility index (Phi) is 7.77. The standard InChI is InChI=1S/C27H28ClNO4/c1-27(2,3)21-9-13-23(14-10-21)29(25(30)19-5-11-22(28)12-6-19)17-4-18-33-24-15-7-20(8-16-24)26(31)32/h5-16H,4,17-18H2,1-3H3,(H,31,32). The molecular formula is C27H28ClNO4. The summed E-state index contributed by atoms with van der Waals surface area (Å²) < 4.78 is 5.74. The van der Waals surface area contributed by atoms with Crippen LogP contribution in [0.2, 0.25) is 5.02 Å². The summed E-state index contributed by atoms with van der Waals surface area (Å²) in [5, 5.41) is 9.57. The minimum Gasteiger partial charge on any atom is -0.494 e. The van der Waals surface area contributed by atoms with Gasteiger partial charge in [-0.05, 0) is 78.1 Å². The third-order valence-electron chi connectivity index (χ3n) is 5.28. The molecule has 0 heterocycles. The smallest absolute Gasteiger partial charge is 0.335 e. The van der Waals surface area contributed by atoms with Gasteiger partial charge in [-0.1, -0.05) is 44.5 Å². The Balaban J connectivity index is 1.72. The summed E-state index contributed by atoms with van der Waals surface area (Å²) in [6, 6.07) is 21.2. The molecule has 3 aromatic carbocycles. The van der Waals surface area contributed by atoms with E-state index in [4.69, 9.17) is 21.4 Å². The molecule has 5 nitrogen and oxygen atoms in total. The first-order valence-corrected chi connectivity index (χ1v) is 11.2. The second kappa shape index (κ2) is 10.5. The van der Waals surface area contributed by atoms with Crippen molar-refractivity contribution in [1.82, 2.24) is 0 Å². The van der Waals surface area contributed by atoms with Crippen molar-refractivity contribution >= 4 is 29.2 Å². The molecule has 1 amide bonds. The molecule has 0 saturated carbocycles. The highest BCUT2D eigenvalue weighted by molar-refractivity contribution is 6.30. The summed E-state index contributed by atoms with van der Waals surface area (Å²) in [7, 11) is 0. The van der Waals surface area contributed by atoms with Gasteiger partial charge in [0.2, 0.25) is 0 Å². The van der Waals surface area contributed by atoms with Crippen LogP contribution in [0.5, 0.6) is 5.75 Å². The Morgan fingerprint density at radius 2 is 1.45 bits per heavy atom. The number of halogens is 1. The van der Waals surface area contributed by atoms with Gasteiger partial charge in [0.1, 0.15) is 5.75 Å². The number of anilines is 1. The predicted molar refractivity (Wildman–Crippen MR) is 132 cm³/mol. The number of aromatic carboxylic acids is 1. The van der Waals surface area contributed by atoms with Crippen molar-refractivity contribution in [3.05, 3.63) is 94.5 Å². The molecule has 33 heavy (non-hydrogen) atoms. The molecule has 0 fully saturated rings. The van der Waals surface area contributed by atoms with Crippen molar-refractivity contribution in [2.24, 2.45) is 0 Å². The summed E-state index contributed by atoms with van der Waals surface area (Å²) in [6.45, 7) is 7.30. The van der Waals surface area contributed by atoms with Crippen LogP contribution in [-0.4, -0.2) is 30.1 Å². The van der Waals surface area contributed by atoms with Crippen LogP contribution in [0, 0.1) is 0 Å². The van der Waals surface area contributed by atoms with E-state index in [1.165, 1.54) is 17.7 Å². The highest BCUT2D eigenvalue weighted by Gasteiger charge is 2.19. The van der Waals surface area contributed by atoms with Gasteiger partial charge >= 0.3 is 5.97 Å². The average molecular weight is 466 g/mol. The molecule has 0 radical (unpaired) electrons. The molecule has 1 N–H and O–H groups in total. The van der Waals surface area contributed by atoms with Crippen molar-refractivity contribution in [2.45, 2.75) is 32.6 Å². The number of rotatable bonds is 8. The van der Waals surface area contributed by atoms with Gasteiger partial charge in [-0.2, -0.15) is 0 Å². The van der Waals surface area contributed by atoms with E-state index in [9.17, 15) is 9.59 Å². The fraction of sp³-hybridized carbons (Fsp3) is 0.259. The molecule has 0 spiro atoms. The lowest BCUT2D eigenvalue weighted by atomic mass is 9.87. The summed E-state index contributed by atoms with van der Waals surface area (Å²) >= 11 is 5.99. The quantitative estimate of drug-likeness (QED) is 0.388. The van der Waals surface area contributed by atoms with Crippen LogP contribution in [0.3, 0.4) is 0 Å². The second-order valence-corrected chi connectivity index (χ2v) is 9.23. The van der Waals surface area contributed by atoms with E-state index >= 15 is 0 Å². The first-order valence-electron chi connectivity index (χ1n) is 10.8. The molecule has 0 aromatic heterocycles. The Morgan fingerprint density at radius 3 is 2.00 bits per heavy atom. The van der Waals surface area contributed by atoms with Crippen molar-refractivity contribution < 1.29 is 19.4 Å². The molecule has 6 heteroatoms. The molecule has 3 rings (SSSR count). The summed E-state index contributed by atoms with van der Waals surface area (Å²) in [5.41, 5.74) is 2.80. The maximum Gasteiger partial charge on any atom is 0.335 e. The van der Waals surface area contributed by atoms with Gasteiger partial charge in [-0.25, -0.2) is 4.79 Å².